The predicted molar refractivity (Wildman–Crippen MR) is 130 cm³/mol. The van der Waals surface area contributed by atoms with E-state index in [9.17, 15) is 19.8 Å². The van der Waals surface area contributed by atoms with Gasteiger partial charge in [-0.15, -0.1) is 0 Å². The maximum absolute atomic E-state index is 11.8. The van der Waals surface area contributed by atoms with Gasteiger partial charge in [-0.1, -0.05) is 12.1 Å². The van der Waals surface area contributed by atoms with E-state index >= 15 is 0 Å². The normalized spacial score (nSPS) is 24.9. The SMILES string of the molecule is Cc1c(C(O)CN2CC3CCC2CN3CC(O)c2ccc3c(c2C)COC3=O)ccc2c1COC2=O. The Morgan fingerprint density at radius 2 is 1.19 bits per heavy atom. The van der Waals surface area contributed by atoms with Crippen LogP contribution in [0.4, 0.5) is 0 Å². The molecular formula is C28H32N2O6. The highest BCUT2D eigenvalue weighted by Crippen LogP contribution is 2.35. The minimum Gasteiger partial charge on any atom is -0.457 e. The summed E-state index contributed by atoms with van der Waals surface area (Å²) in [6.07, 6.45) is 0.881. The number of rotatable bonds is 6. The highest BCUT2D eigenvalue weighted by atomic mass is 16.5. The van der Waals surface area contributed by atoms with E-state index in [1.165, 1.54) is 0 Å². The van der Waals surface area contributed by atoms with Crippen molar-refractivity contribution >= 4 is 11.9 Å². The molecule has 190 valence electrons. The number of piperidine rings is 2. The Kier molecular flexibility index (Phi) is 5.87. The summed E-state index contributed by atoms with van der Waals surface area (Å²) in [5, 5.41) is 22.2. The van der Waals surface area contributed by atoms with E-state index in [0.29, 0.717) is 36.3 Å². The predicted octanol–water partition coefficient (Wildman–Crippen LogP) is 2.56. The van der Waals surface area contributed by atoms with Gasteiger partial charge in [0.25, 0.3) is 0 Å². The number of aliphatic hydroxyl groups excluding tert-OH is 2. The first-order valence-electron chi connectivity index (χ1n) is 12.7. The van der Waals surface area contributed by atoms with E-state index < -0.39 is 12.2 Å². The van der Waals surface area contributed by atoms with Gasteiger partial charge >= 0.3 is 11.9 Å². The van der Waals surface area contributed by atoms with Crippen molar-refractivity contribution in [3.05, 3.63) is 68.8 Å². The van der Waals surface area contributed by atoms with Crippen molar-refractivity contribution in [3.63, 3.8) is 0 Å². The van der Waals surface area contributed by atoms with Crippen molar-refractivity contribution in [2.45, 2.75) is 64.2 Å². The van der Waals surface area contributed by atoms with Gasteiger partial charge in [0.05, 0.1) is 23.3 Å². The summed E-state index contributed by atoms with van der Waals surface area (Å²) in [6.45, 7) is 7.26. The second-order valence-corrected chi connectivity index (χ2v) is 10.6. The standard InChI is InChI=1S/C28H32N2O6/c1-15-19(5-7-21-23(15)13-35-27(21)33)25(31)11-29-9-18-4-3-17(29)10-30(18)12-26(32)20-6-8-22-24(16(20)2)14-36-28(22)34/h5-8,17-18,25-26,31-32H,3-4,9-14H2,1-2H3. The summed E-state index contributed by atoms with van der Waals surface area (Å²) in [7, 11) is 0. The van der Waals surface area contributed by atoms with Crippen molar-refractivity contribution in [1.82, 2.24) is 9.80 Å². The van der Waals surface area contributed by atoms with Crippen LogP contribution in [0, 0.1) is 13.8 Å². The second kappa shape index (κ2) is 8.95. The number of carbonyl (C=O) groups is 2. The van der Waals surface area contributed by atoms with Gasteiger partial charge in [-0.05, 0) is 61.1 Å². The molecule has 3 fully saturated rings. The molecule has 0 saturated carbocycles. The molecule has 4 unspecified atom stereocenters. The van der Waals surface area contributed by atoms with Gasteiger partial charge in [-0.25, -0.2) is 9.59 Å². The molecule has 3 saturated heterocycles. The molecule has 5 aliphatic heterocycles. The molecule has 2 aromatic rings. The van der Waals surface area contributed by atoms with E-state index in [1.54, 1.807) is 12.1 Å². The molecule has 0 radical (unpaired) electrons. The summed E-state index contributed by atoms with van der Waals surface area (Å²) < 4.78 is 10.3. The lowest BCUT2D eigenvalue weighted by Crippen LogP contribution is -2.63. The zero-order chi connectivity index (χ0) is 25.1. The zero-order valence-electron chi connectivity index (χ0n) is 20.7. The van der Waals surface area contributed by atoms with Crippen molar-refractivity contribution in [2.24, 2.45) is 0 Å². The monoisotopic (exact) mass is 492 g/mol. The summed E-state index contributed by atoms with van der Waals surface area (Å²) in [4.78, 5) is 28.4. The maximum Gasteiger partial charge on any atom is 0.338 e. The Hall–Kier alpha value is -2.78. The Morgan fingerprint density at radius 3 is 1.58 bits per heavy atom. The largest absolute Gasteiger partial charge is 0.457 e. The van der Waals surface area contributed by atoms with Crippen LogP contribution in [0.3, 0.4) is 0 Å². The van der Waals surface area contributed by atoms with Crippen LogP contribution in [0.1, 0.15) is 79.1 Å². The number of piperazine rings is 1. The van der Waals surface area contributed by atoms with Gasteiger partial charge < -0.3 is 19.7 Å². The lowest BCUT2D eigenvalue weighted by Gasteiger charge is -2.52. The molecule has 2 N–H and O–H groups in total. The minimum absolute atomic E-state index is 0.277. The molecule has 2 aromatic carbocycles. The number of esters is 2. The summed E-state index contributed by atoms with van der Waals surface area (Å²) in [6, 6.07) is 7.89. The average molecular weight is 493 g/mol. The van der Waals surface area contributed by atoms with Crippen LogP contribution < -0.4 is 0 Å². The first-order chi connectivity index (χ1) is 17.3. The van der Waals surface area contributed by atoms with Crippen LogP contribution in [0.2, 0.25) is 0 Å². The van der Waals surface area contributed by atoms with Crippen molar-refractivity contribution in [3.8, 4) is 0 Å². The van der Waals surface area contributed by atoms with Gasteiger partial charge in [0.2, 0.25) is 0 Å². The van der Waals surface area contributed by atoms with Crippen LogP contribution in [-0.2, 0) is 22.7 Å². The average Bonchev–Trinajstić information content (AvgIpc) is 3.44. The molecule has 5 aliphatic rings. The number of hydrogen-bond donors (Lipinski definition) is 2. The van der Waals surface area contributed by atoms with Crippen LogP contribution in [0.25, 0.3) is 0 Å². The lowest BCUT2D eigenvalue weighted by molar-refractivity contribution is -0.0540. The number of cyclic esters (lactones) is 2. The number of fused-ring (bicyclic) bond motifs is 5. The highest BCUT2D eigenvalue weighted by Gasteiger charge is 2.40. The van der Waals surface area contributed by atoms with Crippen molar-refractivity contribution < 1.29 is 29.3 Å². The fourth-order valence-electron chi connectivity index (χ4n) is 6.55. The van der Waals surface area contributed by atoms with Gasteiger partial charge in [0.1, 0.15) is 13.2 Å². The lowest BCUT2D eigenvalue weighted by atomic mass is 9.88. The second-order valence-electron chi connectivity index (χ2n) is 10.6. The number of hydrogen-bond acceptors (Lipinski definition) is 8. The Morgan fingerprint density at radius 1 is 0.778 bits per heavy atom. The third-order valence-corrected chi connectivity index (χ3v) is 8.71. The first-order valence-corrected chi connectivity index (χ1v) is 12.7. The van der Waals surface area contributed by atoms with Gasteiger partial charge in [-0.3, -0.25) is 9.80 Å². The molecule has 0 aromatic heterocycles. The first kappa shape index (κ1) is 23.6. The van der Waals surface area contributed by atoms with Crippen LogP contribution >= 0.6 is 0 Å². The number of ether oxygens (including phenoxy) is 2. The molecular weight excluding hydrogens is 460 g/mol. The number of carbonyl (C=O) groups excluding carboxylic acids is 2. The summed E-state index contributed by atoms with van der Waals surface area (Å²) >= 11 is 0. The van der Waals surface area contributed by atoms with Crippen LogP contribution in [-0.4, -0.2) is 70.2 Å². The molecule has 0 spiro atoms. The van der Waals surface area contributed by atoms with E-state index in [2.05, 4.69) is 9.80 Å². The Labute approximate surface area is 210 Å². The maximum atomic E-state index is 11.8. The minimum atomic E-state index is -0.636. The molecule has 8 nitrogen and oxygen atoms in total. The van der Waals surface area contributed by atoms with Crippen molar-refractivity contribution in [1.29, 1.82) is 0 Å². The molecule has 8 heteroatoms. The topological polar surface area (TPSA) is 99.5 Å². The zero-order valence-corrected chi connectivity index (χ0v) is 20.7. The molecule has 5 heterocycles. The fraction of sp³-hybridized carbons (Fsp3) is 0.500. The van der Waals surface area contributed by atoms with E-state index in [4.69, 9.17) is 9.47 Å². The fourth-order valence-corrected chi connectivity index (χ4v) is 6.55. The van der Waals surface area contributed by atoms with Gasteiger partial charge in [0.15, 0.2) is 0 Å². The number of nitrogens with zero attached hydrogens (tertiary/aromatic N) is 2. The molecule has 4 atom stereocenters. The third-order valence-electron chi connectivity index (χ3n) is 8.71. The van der Waals surface area contributed by atoms with Crippen LogP contribution in [0.15, 0.2) is 24.3 Å². The molecule has 0 aliphatic carbocycles. The highest BCUT2D eigenvalue weighted by molar-refractivity contribution is 5.94. The summed E-state index contributed by atoms with van der Waals surface area (Å²) in [5.41, 5.74) is 6.57. The summed E-state index contributed by atoms with van der Waals surface area (Å²) in [5.74, 6) is -0.580. The molecule has 7 rings (SSSR count). The van der Waals surface area contributed by atoms with E-state index in [1.807, 2.05) is 26.0 Å². The Balaban J connectivity index is 1.11. The van der Waals surface area contributed by atoms with Gasteiger partial charge in [0, 0.05) is 49.4 Å². The molecule has 2 bridgehead atoms. The third kappa shape index (κ3) is 3.84. The smallest absolute Gasteiger partial charge is 0.338 e. The Bertz CT molecular complexity index is 1150. The number of benzene rings is 2. The van der Waals surface area contributed by atoms with Gasteiger partial charge in [-0.2, -0.15) is 0 Å². The van der Waals surface area contributed by atoms with E-state index in [-0.39, 0.29) is 25.2 Å². The molecule has 0 amide bonds. The van der Waals surface area contributed by atoms with Crippen molar-refractivity contribution in [2.75, 3.05) is 26.2 Å². The van der Waals surface area contributed by atoms with Crippen LogP contribution in [0.5, 0.6) is 0 Å². The molecule has 36 heavy (non-hydrogen) atoms. The quantitative estimate of drug-likeness (QED) is 0.594. The van der Waals surface area contributed by atoms with E-state index in [0.717, 1.165) is 59.3 Å². The number of aliphatic hydroxyl groups is 2.